The van der Waals surface area contributed by atoms with Crippen LogP contribution in [0.3, 0.4) is 0 Å². The highest BCUT2D eigenvalue weighted by atomic mass is 32.1. The van der Waals surface area contributed by atoms with Crippen LogP contribution in [-0.2, 0) is 11.3 Å². The first kappa shape index (κ1) is 17.5. The summed E-state index contributed by atoms with van der Waals surface area (Å²) in [5.41, 5.74) is -0.0318. The average molecular weight is 374 g/mol. The van der Waals surface area contributed by atoms with Crippen molar-refractivity contribution in [1.82, 2.24) is 19.7 Å². The Hall–Kier alpha value is -1.89. The van der Waals surface area contributed by atoms with Crippen molar-refractivity contribution in [3.05, 3.63) is 28.2 Å². The van der Waals surface area contributed by atoms with Gasteiger partial charge in [0.2, 0.25) is 11.9 Å². The first-order valence-corrected chi connectivity index (χ1v) is 10.4. The number of thiophene rings is 1. The van der Waals surface area contributed by atoms with E-state index in [4.69, 9.17) is 0 Å². The van der Waals surface area contributed by atoms with Crippen molar-refractivity contribution in [2.24, 2.45) is 0 Å². The minimum atomic E-state index is -0.0318. The van der Waals surface area contributed by atoms with E-state index in [1.54, 1.807) is 18.3 Å². The number of hydrogen-bond acceptors (Lipinski definition) is 5. The highest BCUT2D eigenvalue weighted by Gasteiger charge is 2.44. The highest BCUT2D eigenvalue weighted by molar-refractivity contribution is 7.09. The van der Waals surface area contributed by atoms with Crippen LogP contribution in [0, 0.1) is 6.92 Å². The molecule has 1 aliphatic carbocycles. The van der Waals surface area contributed by atoms with Crippen molar-refractivity contribution in [2.75, 3.05) is 24.5 Å². The predicted octanol–water partition coefficient (Wildman–Crippen LogP) is 3.07. The zero-order chi connectivity index (χ0) is 18.1. The second-order valence-electron chi connectivity index (χ2n) is 7.59. The number of piperazine rings is 1. The molecule has 1 spiro atoms. The van der Waals surface area contributed by atoms with Gasteiger partial charge in [-0.1, -0.05) is 25.3 Å². The molecule has 1 aliphatic heterocycles. The molecule has 2 fully saturated rings. The third kappa shape index (κ3) is 3.13. The number of hydrogen-bond donors (Lipinski definition) is 0. The van der Waals surface area contributed by atoms with Gasteiger partial charge < -0.3 is 9.80 Å². The van der Waals surface area contributed by atoms with Gasteiger partial charge >= 0.3 is 0 Å². The Balaban J connectivity index is 1.62. The SMILES string of the molecule is CC(=O)N1CCN(c2nnc(C)n2Cc2cccs2)CC12CCCCC2. The third-order valence-corrected chi connectivity index (χ3v) is 6.77. The summed E-state index contributed by atoms with van der Waals surface area (Å²) in [4.78, 5) is 18.1. The van der Waals surface area contributed by atoms with Crippen LogP contribution in [0.1, 0.15) is 49.7 Å². The van der Waals surface area contributed by atoms with Gasteiger partial charge in [-0.2, -0.15) is 0 Å². The van der Waals surface area contributed by atoms with Crippen molar-refractivity contribution >= 4 is 23.2 Å². The van der Waals surface area contributed by atoms with Gasteiger partial charge in [0.15, 0.2) is 0 Å². The summed E-state index contributed by atoms with van der Waals surface area (Å²) in [5, 5.41) is 11.0. The van der Waals surface area contributed by atoms with Gasteiger partial charge in [0.05, 0.1) is 12.1 Å². The number of nitrogens with zero attached hydrogens (tertiary/aromatic N) is 5. The normalized spacial score (nSPS) is 19.9. The topological polar surface area (TPSA) is 54.3 Å². The van der Waals surface area contributed by atoms with E-state index in [2.05, 4.69) is 42.1 Å². The quantitative estimate of drug-likeness (QED) is 0.830. The smallest absolute Gasteiger partial charge is 0.227 e. The van der Waals surface area contributed by atoms with Gasteiger partial charge in [-0.05, 0) is 31.2 Å². The van der Waals surface area contributed by atoms with Crippen LogP contribution in [0.4, 0.5) is 5.95 Å². The molecule has 1 saturated heterocycles. The molecule has 7 heteroatoms. The Bertz CT molecular complexity index is 763. The van der Waals surface area contributed by atoms with Crippen LogP contribution in [0.5, 0.6) is 0 Å². The fourth-order valence-corrected chi connectivity index (χ4v) is 5.32. The maximum absolute atomic E-state index is 12.3. The average Bonchev–Trinajstić information content (AvgIpc) is 3.26. The summed E-state index contributed by atoms with van der Waals surface area (Å²) in [6.45, 7) is 7.02. The lowest BCUT2D eigenvalue weighted by Crippen LogP contribution is -2.64. The number of rotatable bonds is 3. The molecular weight excluding hydrogens is 346 g/mol. The van der Waals surface area contributed by atoms with Crippen LogP contribution in [0.25, 0.3) is 0 Å². The van der Waals surface area contributed by atoms with Crippen molar-refractivity contribution in [3.8, 4) is 0 Å². The standard InChI is InChI=1S/C19H27N5OS/c1-15-20-21-18(23(15)13-17-7-6-12-26-17)22-10-11-24(16(2)25)19(14-22)8-4-3-5-9-19/h6-7,12H,3-5,8-11,13-14H2,1-2H3. The number of amides is 1. The van der Waals surface area contributed by atoms with Gasteiger partial charge in [-0.3, -0.25) is 9.36 Å². The summed E-state index contributed by atoms with van der Waals surface area (Å²) in [6, 6.07) is 4.24. The summed E-state index contributed by atoms with van der Waals surface area (Å²) >= 11 is 1.76. The summed E-state index contributed by atoms with van der Waals surface area (Å²) < 4.78 is 2.21. The third-order valence-electron chi connectivity index (χ3n) is 5.91. The molecule has 0 N–H and O–H groups in total. The molecule has 0 aromatic carbocycles. The number of aryl methyl sites for hydroxylation is 1. The molecule has 26 heavy (non-hydrogen) atoms. The molecule has 3 heterocycles. The Kier molecular flexibility index (Phi) is 4.73. The Morgan fingerprint density at radius 2 is 2.04 bits per heavy atom. The Morgan fingerprint density at radius 1 is 1.23 bits per heavy atom. The van der Waals surface area contributed by atoms with Gasteiger partial charge in [-0.25, -0.2) is 0 Å². The number of aromatic nitrogens is 3. The lowest BCUT2D eigenvalue weighted by Gasteiger charge is -2.52. The number of anilines is 1. The summed E-state index contributed by atoms with van der Waals surface area (Å²) in [6.07, 6.45) is 5.89. The molecule has 2 aliphatic rings. The zero-order valence-corrected chi connectivity index (χ0v) is 16.5. The van der Waals surface area contributed by atoms with Crippen LogP contribution in [-0.4, -0.2) is 50.7 Å². The zero-order valence-electron chi connectivity index (χ0n) is 15.6. The minimum absolute atomic E-state index is 0.0318. The van der Waals surface area contributed by atoms with E-state index < -0.39 is 0 Å². The first-order valence-electron chi connectivity index (χ1n) is 9.54. The monoisotopic (exact) mass is 373 g/mol. The van der Waals surface area contributed by atoms with Crippen molar-refractivity contribution < 1.29 is 4.79 Å². The molecular formula is C19H27N5OS. The second kappa shape index (κ2) is 7.02. The van der Waals surface area contributed by atoms with E-state index in [0.29, 0.717) is 0 Å². The predicted molar refractivity (Wildman–Crippen MR) is 104 cm³/mol. The van der Waals surface area contributed by atoms with E-state index in [0.717, 1.165) is 50.8 Å². The molecule has 0 radical (unpaired) electrons. The molecule has 140 valence electrons. The lowest BCUT2D eigenvalue weighted by molar-refractivity contribution is -0.137. The second-order valence-corrected chi connectivity index (χ2v) is 8.62. The molecule has 1 amide bonds. The molecule has 0 unspecified atom stereocenters. The number of carbonyl (C=O) groups excluding carboxylic acids is 1. The molecule has 4 rings (SSSR count). The van der Waals surface area contributed by atoms with Crippen molar-refractivity contribution in [1.29, 1.82) is 0 Å². The molecule has 1 saturated carbocycles. The van der Waals surface area contributed by atoms with E-state index in [-0.39, 0.29) is 11.4 Å². The summed E-state index contributed by atoms with van der Waals surface area (Å²) in [5.74, 6) is 2.10. The highest BCUT2D eigenvalue weighted by Crippen LogP contribution is 2.37. The molecule has 0 bridgehead atoms. The van der Waals surface area contributed by atoms with Crippen molar-refractivity contribution in [3.63, 3.8) is 0 Å². The van der Waals surface area contributed by atoms with E-state index in [9.17, 15) is 4.79 Å². The lowest BCUT2D eigenvalue weighted by atomic mass is 9.78. The fourth-order valence-electron chi connectivity index (χ4n) is 4.62. The van der Waals surface area contributed by atoms with E-state index in [1.165, 1.54) is 24.1 Å². The van der Waals surface area contributed by atoms with Crippen LogP contribution >= 0.6 is 11.3 Å². The van der Waals surface area contributed by atoms with E-state index >= 15 is 0 Å². The fraction of sp³-hybridized carbons (Fsp3) is 0.632. The van der Waals surface area contributed by atoms with Gasteiger partial charge in [0.1, 0.15) is 5.82 Å². The molecule has 0 atom stereocenters. The maximum Gasteiger partial charge on any atom is 0.227 e. The molecule has 2 aromatic heterocycles. The minimum Gasteiger partial charge on any atom is -0.337 e. The van der Waals surface area contributed by atoms with Gasteiger partial charge in [0, 0.05) is 31.4 Å². The van der Waals surface area contributed by atoms with Crippen LogP contribution in [0.2, 0.25) is 0 Å². The van der Waals surface area contributed by atoms with Gasteiger partial charge in [0.25, 0.3) is 0 Å². The van der Waals surface area contributed by atoms with Crippen LogP contribution < -0.4 is 4.90 Å². The summed E-state index contributed by atoms with van der Waals surface area (Å²) in [7, 11) is 0. The molecule has 2 aromatic rings. The van der Waals surface area contributed by atoms with Gasteiger partial charge in [-0.15, -0.1) is 21.5 Å². The Labute approximate surface area is 158 Å². The first-order chi connectivity index (χ1) is 12.6. The maximum atomic E-state index is 12.3. The van der Waals surface area contributed by atoms with Crippen molar-refractivity contribution in [2.45, 2.75) is 58.0 Å². The number of carbonyl (C=O) groups is 1. The Morgan fingerprint density at radius 3 is 2.73 bits per heavy atom. The van der Waals surface area contributed by atoms with Crippen LogP contribution in [0.15, 0.2) is 17.5 Å². The largest absolute Gasteiger partial charge is 0.337 e. The molecule has 6 nitrogen and oxygen atoms in total. The van der Waals surface area contributed by atoms with E-state index in [1.807, 2.05) is 6.92 Å².